The van der Waals surface area contributed by atoms with Crippen molar-refractivity contribution in [2.24, 2.45) is 0 Å². The summed E-state index contributed by atoms with van der Waals surface area (Å²) in [6.45, 7) is 2.49. The lowest BCUT2D eigenvalue weighted by Gasteiger charge is -2.12. The summed E-state index contributed by atoms with van der Waals surface area (Å²) < 4.78 is 35.9. The van der Waals surface area contributed by atoms with Crippen LogP contribution < -0.4 is 9.46 Å². The van der Waals surface area contributed by atoms with Crippen LogP contribution in [0.3, 0.4) is 0 Å². The van der Waals surface area contributed by atoms with E-state index in [-0.39, 0.29) is 12.4 Å². The van der Waals surface area contributed by atoms with Gasteiger partial charge in [0.1, 0.15) is 5.75 Å². The first-order valence-electron chi connectivity index (χ1n) is 5.30. The first-order chi connectivity index (χ1) is 8.09. The number of hydrogen-bond donors (Lipinski definition) is 1. The van der Waals surface area contributed by atoms with Crippen LogP contribution in [-0.2, 0) is 14.8 Å². The summed E-state index contributed by atoms with van der Waals surface area (Å²) in [5, 5.41) is 0. The standard InChI is InChI=1S/C11H17NO4S/c1-3-16-11-7-5-4-6-10(11)12-17(13,14)9-8-15-2/h4-7,12H,3,8-9H2,1-2H3. The van der Waals surface area contributed by atoms with Crippen molar-refractivity contribution in [2.75, 3.05) is 30.8 Å². The molecule has 0 saturated carbocycles. The van der Waals surface area contributed by atoms with Gasteiger partial charge in [0.05, 0.1) is 24.7 Å². The number of para-hydroxylation sites is 2. The number of benzene rings is 1. The summed E-state index contributed by atoms with van der Waals surface area (Å²) in [6, 6.07) is 6.92. The van der Waals surface area contributed by atoms with Crippen LogP contribution in [-0.4, -0.2) is 34.5 Å². The quantitative estimate of drug-likeness (QED) is 0.805. The lowest BCUT2D eigenvalue weighted by molar-refractivity contribution is 0.217. The Kier molecular flexibility index (Phi) is 5.24. The highest BCUT2D eigenvalue weighted by Crippen LogP contribution is 2.24. The van der Waals surface area contributed by atoms with Crippen LogP contribution in [0.25, 0.3) is 0 Å². The Balaban J connectivity index is 2.80. The fourth-order valence-electron chi connectivity index (χ4n) is 1.24. The van der Waals surface area contributed by atoms with Gasteiger partial charge in [-0.2, -0.15) is 0 Å². The molecule has 0 aliphatic heterocycles. The molecule has 0 aromatic heterocycles. The maximum Gasteiger partial charge on any atom is 0.235 e. The van der Waals surface area contributed by atoms with Crippen LogP contribution in [0, 0.1) is 0 Å². The van der Waals surface area contributed by atoms with E-state index in [9.17, 15) is 8.42 Å². The molecule has 1 aromatic rings. The van der Waals surface area contributed by atoms with Gasteiger partial charge in [0.2, 0.25) is 10.0 Å². The summed E-state index contributed by atoms with van der Waals surface area (Å²) in [4.78, 5) is 0. The predicted octanol–water partition coefficient (Wildman–Crippen LogP) is 1.47. The molecule has 0 atom stereocenters. The summed E-state index contributed by atoms with van der Waals surface area (Å²) >= 11 is 0. The number of methoxy groups -OCH3 is 1. The molecule has 17 heavy (non-hydrogen) atoms. The molecule has 0 saturated heterocycles. The number of sulfonamides is 1. The molecule has 0 aliphatic rings. The largest absolute Gasteiger partial charge is 0.492 e. The van der Waals surface area contributed by atoms with Crippen LogP contribution in [0.2, 0.25) is 0 Å². The van der Waals surface area contributed by atoms with Gasteiger partial charge in [0.15, 0.2) is 0 Å². The summed E-state index contributed by atoms with van der Waals surface area (Å²) in [5.41, 5.74) is 0.449. The normalized spacial score (nSPS) is 11.2. The molecule has 0 aliphatic carbocycles. The van der Waals surface area contributed by atoms with E-state index in [1.54, 1.807) is 24.3 Å². The molecular weight excluding hydrogens is 242 g/mol. The van der Waals surface area contributed by atoms with Crippen molar-refractivity contribution in [3.63, 3.8) is 0 Å². The van der Waals surface area contributed by atoms with Crippen molar-refractivity contribution in [1.82, 2.24) is 0 Å². The Morgan fingerprint density at radius 3 is 2.65 bits per heavy atom. The molecule has 0 amide bonds. The fraction of sp³-hybridized carbons (Fsp3) is 0.455. The highest BCUT2D eigenvalue weighted by atomic mass is 32.2. The molecule has 5 nitrogen and oxygen atoms in total. The molecule has 0 radical (unpaired) electrons. The average molecular weight is 259 g/mol. The fourth-order valence-corrected chi connectivity index (χ4v) is 2.24. The number of anilines is 1. The average Bonchev–Trinajstić information content (AvgIpc) is 2.29. The van der Waals surface area contributed by atoms with Gasteiger partial charge in [0.25, 0.3) is 0 Å². The topological polar surface area (TPSA) is 64.6 Å². The highest BCUT2D eigenvalue weighted by Gasteiger charge is 2.12. The molecule has 0 spiro atoms. The summed E-state index contributed by atoms with van der Waals surface area (Å²) in [6.07, 6.45) is 0. The van der Waals surface area contributed by atoms with E-state index in [4.69, 9.17) is 9.47 Å². The van der Waals surface area contributed by atoms with Crippen molar-refractivity contribution in [1.29, 1.82) is 0 Å². The molecule has 1 aromatic carbocycles. The molecular formula is C11H17NO4S. The highest BCUT2D eigenvalue weighted by molar-refractivity contribution is 7.92. The van der Waals surface area contributed by atoms with Gasteiger partial charge >= 0.3 is 0 Å². The lowest BCUT2D eigenvalue weighted by atomic mass is 10.3. The minimum Gasteiger partial charge on any atom is -0.492 e. The number of rotatable bonds is 7. The SMILES string of the molecule is CCOc1ccccc1NS(=O)(=O)CCOC. The molecule has 6 heteroatoms. The molecule has 0 unspecified atom stereocenters. The van der Waals surface area contributed by atoms with E-state index in [0.717, 1.165) is 0 Å². The van der Waals surface area contributed by atoms with Crippen molar-refractivity contribution >= 4 is 15.7 Å². The number of ether oxygens (including phenoxy) is 2. The smallest absolute Gasteiger partial charge is 0.235 e. The van der Waals surface area contributed by atoms with Gasteiger partial charge in [-0.05, 0) is 19.1 Å². The molecule has 0 fully saturated rings. The molecule has 0 bridgehead atoms. The monoisotopic (exact) mass is 259 g/mol. The number of nitrogens with one attached hydrogen (secondary N) is 1. The molecule has 1 rings (SSSR count). The van der Waals surface area contributed by atoms with Gasteiger partial charge in [-0.25, -0.2) is 8.42 Å². The second-order valence-corrected chi connectivity index (χ2v) is 5.18. The third kappa shape index (κ3) is 4.62. The Morgan fingerprint density at radius 1 is 1.29 bits per heavy atom. The van der Waals surface area contributed by atoms with Gasteiger partial charge in [-0.15, -0.1) is 0 Å². The van der Waals surface area contributed by atoms with Crippen LogP contribution >= 0.6 is 0 Å². The van der Waals surface area contributed by atoms with E-state index >= 15 is 0 Å². The van der Waals surface area contributed by atoms with Gasteiger partial charge < -0.3 is 9.47 Å². The molecule has 1 N–H and O–H groups in total. The third-order valence-electron chi connectivity index (χ3n) is 2.01. The minimum atomic E-state index is -3.39. The van der Waals surface area contributed by atoms with Crippen LogP contribution in [0.15, 0.2) is 24.3 Å². The van der Waals surface area contributed by atoms with Gasteiger partial charge in [-0.3, -0.25) is 4.72 Å². The van der Waals surface area contributed by atoms with Crippen molar-refractivity contribution in [3.8, 4) is 5.75 Å². The zero-order chi connectivity index (χ0) is 12.7. The van der Waals surface area contributed by atoms with Gasteiger partial charge in [-0.1, -0.05) is 12.1 Å². The van der Waals surface area contributed by atoms with E-state index < -0.39 is 10.0 Å². The Bertz CT molecular complexity index is 445. The van der Waals surface area contributed by atoms with E-state index in [0.29, 0.717) is 18.0 Å². The first-order valence-corrected chi connectivity index (χ1v) is 6.95. The zero-order valence-electron chi connectivity index (χ0n) is 9.97. The van der Waals surface area contributed by atoms with Crippen molar-refractivity contribution < 1.29 is 17.9 Å². The zero-order valence-corrected chi connectivity index (χ0v) is 10.8. The maximum absolute atomic E-state index is 11.7. The van der Waals surface area contributed by atoms with E-state index in [2.05, 4.69) is 4.72 Å². The Hall–Kier alpha value is -1.27. The van der Waals surface area contributed by atoms with Crippen molar-refractivity contribution in [3.05, 3.63) is 24.3 Å². The van der Waals surface area contributed by atoms with Crippen LogP contribution in [0.5, 0.6) is 5.75 Å². The summed E-state index contributed by atoms with van der Waals surface area (Å²) in [5.74, 6) is 0.445. The summed E-state index contributed by atoms with van der Waals surface area (Å²) in [7, 11) is -1.93. The predicted molar refractivity (Wildman–Crippen MR) is 66.9 cm³/mol. The molecule has 96 valence electrons. The van der Waals surface area contributed by atoms with Crippen molar-refractivity contribution in [2.45, 2.75) is 6.92 Å². The second-order valence-electron chi connectivity index (χ2n) is 3.34. The van der Waals surface area contributed by atoms with Crippen LogP contribution in [0.1, 0.15) is 6.92 Å². The first kappa shape index (κ1) is 13.8. The van der Waals surface area contributed by atoms with E-state index in [1.165, 1.54) is 7.11 Å². The Labute approximate surface area is 102 Å². The second kappa shape index (κ2) is 6.46. The maximum atomic E-state index is 11.7. The van der Waals surface area contributed by atoms with Crippen LogP contribution in [0.4, 0.5) is 5.69 Å². The van der Waals surface area contributed by atoms with E-state index in [1.807, 2.05) is 6.92 Å². The van der Waals surface area contributed by atoms with Gasteiger partial charge in [0, 0.05) is 7.11 Å². The minimum absolute atomic E-state index is 0.0794. The third-order valence-corrected chi connectivity index (χ3v) is 3.24. The number of hydrogen-bond acceptors (Lipinski definition) is 4. The lowest BCUT2D eigenvalue weighted by Crippen LogP contribution is -2.20. The molecule has 0 heterocycles. The Morgan fingerprint density at radius 2 is 2.00 bits per heavy atom.